The van der Waals surface area contributed by atoms with Crippen LogP contribution in [0.15, 0.2) is 66.9 Å². The molecule has 0 saturated carbocycles. The summed E-state index contributed by atoms with van der Waals surface area (Å²) in [5.74, 6) is 1.14. The summed E-state index contributed by atoms with van der Waals surface area (Å²) >= 11 is 0. The van der Waals surface area contributed by atoms with E-state index in [2.05, 4.69) is 26.0 Å². The minimum atomic E-state index is -0.122. The highest BCUT2D eigenvalue weighted by Gasteiger charge is 2.11. The first kappa shape index (κ1) is 23.2. The maximum Gasteiger partial charge on any atom is 0.251 e. The van der Waals surface area contributed by atoms with Crippen LogP contribution in [0, 0.1) is 0 Å². The van der Waals surface area contributed by atoms with Crippen LogP contribution in [0.25, 0.3) is 16.8 Å². The van der Waals surface area contributed by atoms with Gasteiger partial charge >= 0.3 is 0 Å². The monoisotopic (exact) mass is 460 g/mol. The van der Waals surface area contributed by atoms with Crippen LogP contribution in [0.5, 0.6) is 5.75 Å². The Bertz CT molecular complexity index is 1220. The zero-order valence-electron chi connectivity index (χ0n) is 19.0. The normalized spacial score (nSPS) is 10.9. The lowest BCUT2D eigenvalue weighted by atomic mass is 10.1. The number of hydrogen-bond donors (Lipinski definition) is 4. The van der Waals surface area contributed by atoms with Crippen LogP contribution in [0.3, 0.4) is 0 Å². The number of ether oxygens (including phenoxy) is 1. The number of aliphatic hydroxyl groups excluding tert-OH is 1. The fourth-order valence-electron chi connectivity index (χ4n) is 3.51. The number of aromatic nitrogens is 3. The summed E-state index contributed by atoms with van der Waals surface area (Å²) in [6, 6.07) is 18.9. The summed E-state index contributed by atoms with van der Waals surface area (Å²) in [5, 5.41) is 22.4. The van der Waals surface area contributed by atoms with Gasteiger partial charge in [0.25, 0.3) is 5.91 Å². The molecular formula is C25H28N6O3. The molecule has 0 bridgehead atoms. The number of pyridine rings is 1. The van der Waals surface area contributed by atoms with E-state index < -0.39 is 0 Å². The van der Waals surface area contributed by atoms with Crippen molar-refractivity contribution in [1.82, 2.24) is 25.2 Å². The fraction of sp³-hybridized carbons (Fsp3) is 0.240. The molecule has 0 aliphatic rings. The molecular weight excluding hydrogens is 432 g/mol. The van der Waals surface area contributed by atoms with Crippen LogP contribution >= 0.6 is 0 Å². The second-order valence-electron chi connectivity index (χ2n) is 7.64. The number of aliphatic hydroxyl groups is 1. The molecule has 0 atom stereocenters. The van der Waals surface area contributed by atoms with Gasteiger partial charge in [-0.2, -0.15) is 4.98 Å². The second-order valence-corrected chi connectivity index (χ2v) is 7.64. The third-order valence-corrected chi connectivity index (χ3v) is 5.27. The van der Waals surface area contributed by atoms with E-state index >= 15 is 0 Å². The van der Waals surface area contributed by atoms with Crippen LogP contribution < -0.4 is 20.7 Å². The maximum absolute atomic E-state index is 12.3. The number of fused-ring (bicyclic) bond motifs is 1. The summed E-state index contributed by atoms with van der Waals surface area (Å²) in [4.78, 5) is 17.0. The summed E-state index contributed by atoms with van der Waals surface area (Å²) in [6.45, 7) is 1.99. The van der Waals surface area contributed by atoms with Crippen LogP contribution in [0.2, 0.25) is 0 Å². The molecule has 9 heteroatoms. The number of rotatable bonds is 11. The van der Waals surface area contributed by atoms with Crippen molar-refractivity contribution in [2.45, 2.75) is 6.42 Å². The molecule has 0 spiro atoms. The van der Waals surface area contributed by atoms with E-state index in [1.165, 1.54) is 0 Å². The average Bonchev–Trinajstić information content (AvgIpc) is 3.29. The predicted octanol–water partition coefficient (Wildman–Crippen LogP) is 2.85. The van der Waals surface area contributed by atoms with Crippen molar-refractivity contribution in [2.24, 2.45) is 0 Å². The first-order valence-electron chi connectivity index (χ1n) is 11.1. The van der Waals surface area contributed by atoms with Crippen molar-refractivity contribution in [3.63, 3.8) is 0 Å². The highest BCUT2D eigenvalue weighted by atomic mass is 16.5. The Labute approximate surface area is 197 Å². The molecule has 0 unspecified atom stereocenters. The van der Waals surface area contributed by atoms with Crippen LogP contribution in [0.1, 0.15) is 16.8 Å². The lowest BCUT2D eigenvalue weighted by molar-refractivity contribution is 0.0953. The quantitative estimate of drug-likeness (QED) is 0.255. The minimum Gasteiger partial charge on any atom is -0.497 e. The summed E-state index contributed by atoms with van der Waals surface area (Å²) in [5.41, 5.74) is 4.08. The lowest BCUT2D eigenvalue weighted by Gasteiger charge is -2.07. The van der Waals surface area contributed by atoms with Crippen LogP contribution in [-0.4, -0.2) is 59.0 Å². The molecule has 4 aromatic rings. The molecule has 0 aliphatic carbocycles. The molecule has 2 aromatic carbocycles. The molecule has 176 valence electrons. The number of carbonyl (C=O) groups is 1. The van der Waals surface area contributed by atoms with Gasteiger partial charge in [-0.3, -0.25) is 4.79 Å². The van der Waals surface area contributed by atoms with E-state index in [-0.39, 0.29) is 12.5 Å². The Kier molecular flexibility index (Phi) is 7.69. The molecule has 2 aromatic heterocycles. The summed E-state index contributed by atoms with van der Waals surface area (Å²) in [6.07, 6.45) is 2.65. The maximum atomic E-state index is 12.3. The fourth-order valence-corrected chi connectivity index (χ4v) is 3.51. The van der Waals surface area contributed by atoms with Crippen LogP contribution in [-0.2, 0) is 0 Å². The number of nitrogens with one attached hydrogen (secondary N) is 3. The van der Waals surface area contributed by atoms with Crippen molar-refractivity contribution in [3.8, 4) is 16.9 Å². The highest BCUT2D eigenvalue weighted by molar-refractivity contribution is 5.94. The largest absolute Gasteiger partial charge is 0.497 e. The zero-order chi connectivity index (χ0) is 23.8. The topological polar surface area (TPSA) is 113 Å². The molecule has 0 aliphatic heterocycles. The number of nitrogens with zero attached hydrogens (tertiary/aromatic N) is 3. The Morgan fingerprint density at radius 1 is 1.03 bits per heavy atom. The predicted molar refractivity (Wildman–Crippen MR) is 132 cm³/mol. The van der Waals surface area contributed by atoms with E-state index in [0.717, 1.165) is 41.2 Å². The van der Waals surface area contributed by atoms with Gasteiger partial charge in [0.15, 0.2) is 5.65 Å². The molecule has 4 N–H and O–H groups in total. The van der Waals surface area contributed by atoms with E-state index in [1.54, 1.807) is 23.8 Å². The number of carbonyl (C=O) groups excluding carboxylic acids is 1. The van der Waals surface area contributed by atoms with E-state index in [0.29, 0.717) is 24.6 Å². The van der Waals surface area contributed by atoms with Gasteiger partial charge in [0.2, 0.25) is 5.95 Å². The molecule has 4 rings (SSSR count). The van der Waals surface area contributed by atoms with Crippen molar-refractivity contribution < 1.29 is 14.6 Å². The summed E-state index contributed by atoms with van der Waals surface area (Å²) in [7, 11) is 1.64. The Balaban J connectivity index is 1.40. The first-order chi connectivity index (χ1) is 16.7. The second kappa shape index (κ2) is 11.3. The minimum absolute atomic E-state index is 0.112. The van der Waals surface area contributed by atoms with Gasteiger partial charge in [-0.25, -0.2) is 4.52 Å². The van der Waals surface area contributed by atoms with Gasteiger partial charge < -0.3 is 25.8 Å². The SMILES string of the molecule is COc1ccc(-c2cccn3nc(Nc4ccc(C(=O)NCCCNCCO)cc4)nc23)cc1. The third-order valence-electron chi connectivity index (χ3n) is 5.27. The van der Waals surface area contributed by atoms with Gasteiger partial charge in [0, 0.05) is 36.1 Å². The summed E-state index contributed by atoms with van der Waals surface area (Å²) < 4.78 is 6.98. The van der Waals surface area contributed by atoms with Gasteiger partial charge in [0.05, 0.1) is 13.7 Å². The number of amides is 1. The number of benzene rings is 2. The Hall–Kier alpha value is -3.95. The van der Waals surface area contributed by atoms with Gasteiger partial charge in [-0.1, -0.05) is 12.1 Å². The highest BCUT2D eigenvalue weighted by Crippen LogP contribution is 2.26. The van der Waals surface area contributed by atoms with Crippen molar-refractivity contribution >= 4 is 23.2 Å². The standard InChI is InChI=1S/C25H28N6O3/c1-34-21-11-7-18(8-12-21)22-4-2-16-31-23(22)29-25(30-31)28-20-9-5-19(6-10-20)24(33)27-14-3-13-26-15-17-32/h2,4-12,16,26,32H,3,13-15,17H2,1H3,(H,27,33)(H,28,30). The van der Waals surface area contributed by atoms with Crippen LogP contribution in [0.4, 0.5) is 11.6 Å². The zero-order valence-corrected chi connectivity index (χ0v) is 19.0. The van der Waals surface area contributed by atoms with Gasteiger partial charge in [-0.05, 0) is 67.1 Å². The number of anilines is 2. The Morgan fingerprint density at radius 2 is 1.82 bits per heavy atom. The molecule has 0 radical (unpaired) electrons. The van der Waals surface area contributed by atoms with Crippen molar-refractivity contribution in [1.29, 1.82) is 0 Å². The number of methoxy groups -OCH3 is 1. The van der Waals surface area contributed by atoms with E-state index in [1.807, 2.05) is 54.7 Å². The first-order valence-corrected chi connectivity index (χ1v) is 11.1. The van der Waals surface area contributed by atoms with Gasteiger partial charge in [-0.15, -0.1) is 5.10 Å². The molecule has 34 heavy (non-hydrogen) atoms. The molecule has 2 heterocycles. The van der Waals surface area contributed by atoms with E-state index in [9.17, 15) is 4.79 Å². The smallest absolute Gasteiger partial charge is 0.251 e. The Morgan fingerprint density at radius 3 is 2.56 bits per heavy atom. The van der Waals surface area contributed by atoms with Crippen molar-refractivity contribution in [2.75, 3.05) is 38.7 Å². The van der Waals surface area contributed by atoms with Gasteiger partial charge in [0.1, 0.15) is 5.75 Å². The molecule has 0 fully saturated rings. The third kappa shape index (κ3) is 5.69. The van der Waals surface area contributed by atoms with Crippen molar-refractivity contribution in [3.05, 3.63) is 72.4 Å². The average molecular weight is 461 g/mol. The molecule has 1 amide bonds. The lowest BCUT2D eigenvalue weighted by Crippen LogP contribution is -2.28. The molecule has 0 saturated heterocycles. The molecule has 9 nitrogen and oxygen atoms in total. The number of hydrogen-bond acceptors (Lipinski definition) is 7. The van der Waals surface area contributed by atoms with E-state index in [4.69, 9.17) is 9.84 Å².